The summed E-state index contributed by atoms with van der Waals surface area (Å²) in [6, 6.07) is 18.6. The van der Waals surface area contributed by atoms with E-state index in [4.69, 9.17) is 4.74 Å². The monoisotopic (exact) mass is 576 g/mol. The largest absolute Gasteiger partial charge is 0.445 e. The van der Waals surface area contributed by atoms with Gasteiger partial charge in [0.1, 0.15) is 18.8 Å². The van der Waals surface area contributed by atoms with Crippen LogP contribution in [-0.4, -0.2) is 95.8 Å². The number of carbonyl (C=O) groups is 4. The topological polar surface area (TPSA) is 115 Å². The number of fused-ring (bicyclic) bond motifs is 1. The first-order valence-electron chi connectivity index (χ1n) is 14.4. The minimum atomic E-state index is -0.753. The third-order valence-electron chi connectivity index (χ3n) is 7.43. The molecule has 2 heterocycles. The number of hydrazine groups is 1. The highest BCUT2D eigenvalue weighted by Gasteiger charge is 2.50. The molecule has 11 nitrogen and oxygen atoms in total. The number of carbonyl (C=O) groups excluding carboxylic acids is 4. The number of hydrogen-bond donors (Lipinski definition) is 2. The van der Waals surface area contributed by atoms with Crippen molar-refractivity contribution >= 4 is 23.9 Å². The lowest BCUT2D eigenvalue weighted by molar-refractivity contribution is -0.187. The van der Waals surface area contributed by atoms with Crippen molar-refractivity contribution in [3.05, 3.63) is 84.4 Å². The van der Waals surface area contributed by atoms with Crippen molar-refractivity contribution in [2.24, 2.45) is 0 Å². The summed E-state index contributed by atoms with van der Waals surface area (Å²) in [6.07, 6.45) is 2.59. The molecular weight excluding hydrogens is 536 g/mol. The van der Waals surface area contributed by atoms with Crippen LogP contribution in [0.5, 0.6) is 0 Å². The van der Waals surface area contributed by atoms with Crippen LogP contribution in [0.3, 0.4) is 0 Å². The first kappa shape index (κ1) is 30.6. The Morgan fingerprint density at radius 1 is 1.00 bits per heavy atom. The fourth-order valence-corrected chi connectivity index (χ4v) is 5.43. The summed E-state index contributed by atoms with van der Waals surface area (Å²) >= 11 is 0. The van der Waals surface area contributed by atoms with Gasteiger partial charge in [-0.25, -0.2) is 19.6 Å². The molecule has 0 unspecified atom stereocenters. The lowest BCUT2D eigenvalue weighted by atomic mass is 10.0. The van der Waals surface area contributed by atoms with Crippen molar-refractivity contribution in [3.63, 3.8) is 0 Å². The minimum Gasteiger partial charge on any atom is -0.445 e. The van der Waals surface area contributed by atoms with Gasteiger partial charge in [0.2, 0.25) is 11.8 Å². The third kappa shape index (κ3) is 7.88. The van der Waals surface area contributed by atoms with Gasteiger partial charge >= 0.3 is 12.1 Å². The quantitative estimate of drug-likeness (QED) is 0.297. The molecule has 0 bridgehead atoms. The van der Waals surface area contributed by atoms with Crippen LogP contribution in [0.2, 0.25) is 0 Å². The molecule has 2 aliphatic rings. The van der Waals surface area contributed by atoms with Crippen molar-refractivity contribution in [1.82, 2.24) is 30.5 Å². The van der Waals surface area contributed by atoms with E-state index in [1.807, 2.05) is 48.5 Å². The number of nitrogens with one attached hydrogen (secondary N) is 2. The van der Waals surface area contributed by atoms with Crippen LogP contribution in [0, 0.1) is 0 Å². The summed E-state index contributed by atoms with van der Waals surface area (Å²) in [6.45, 7) is 4.92. The molecule has 4 rings (SSSR count). The zero-order chi connectivity index (χ0) is 29.9. The second-order valence-electron chi connectivity index (χ2n) is 10.4. The number of ether oxygens (including phenoxy) is 1. The molecule has 2 atom stereocenters. The number of aryl methyl sites for hydroxylation is 1. The summed E-state index contributed by atoms with van der Waals surface area (Å²) in [5.74, 6) is -0.355. The Kier molecular flexibility index (Phi) is 10.9. The molecule has 2 aromatic carbocycles. The van der Waals surface area contributed by atoms with Gasteiger partial charge in [0.15, 0.2) is 0 Å². The van der Waals surface area contributed by atoms with Gasteiger partial charge in [-0.15, -0.1) is 0 Å². The molecule has 0 spiro atoms. The molecule has 2 saturated heterocycles. The van der Waals surface area contributed by atoms with Crippen LogP contribution in [-0.2, 0) is 27.3 Å². The Hall–Kier alpha value is -4.38. The van der Waals surface area contributed by atoms with Gasteiger partial charge in [-0.2, -0.15) is 0 Å². The zero-order valence-electron chi connectivity index (χ0n) is 24.1. The summed E-state index contributed by atoms with van der Waals surface area (Å²) in [4.78, 5) is 55.8. The Bertz CT molecular complexity index is 1230. The number of urea groups is 1. The second-order valence-corrected chi connectivity index (χ2v) is 10.4. The van der Waals surface area contributed by atoms with E-state index in [9.17, 15) is 19.2 Å². The van der Waals surface area contributed by atoms with Crippen molar-refractivity contribution in [2.75, 3.05) is 39.8 Å². The van der Waals surface area contributed by atoms with Crippen molar-refractivity contribution in [2.45, 2.75) is 44.4 Å². The molecule has 0 aromatic heterocycles. The SMILES string of the molecule is C=CCOC(=O)NCCC[C@H]1C(=O)N(CCCc2ccccc2)C[C@H]2N1C(=O)CN(C)N2C(=O)NCc1ccccc1. The van der Waals surface area contributed by atoms with Gasteiger partial charge in [0.25, 0.3) is 0 Å². The normalized spacial score (nSPS) is 18.8. The number of hydrogen-bond acceptors (Lipinski definition) is 6. The van der Waals surface area contributed by atoms with Gasteiger partial charge in [-0.05, 0) is 36.8 Å². The fraction of sp³-hybridized carbons (Fsp3) is 0.419. The van der Waals surface area contributed by atoms with E-state index in [1.54, 1.807) is 26.9 Å². The maximum atomic E-state index is 13.8. The Morgan fingerprint density at radius 2 is 1.69 bits per heavy atom. The lowest BCUT2D eigenvalue weighted by Gasteiger charge is -2.54. The van der Waals surface area contributed by atoms with E-state index in [0.717, 1.165) is 18.4 Å². The standard InChI is InChI=1S/C31H40N6O5/c1-3-20-42-31(41)32-18-10-17-26-29(39)35(19-11-16-24-12-6-4-7-13-24)22-27-36(26)28(38)23-34(2)37(27)30(40)33-21-25-14-8-5-9-15-25/h3-9,12-15,26-27H,1,10-11,16-23H2,2H3,(H,32,41)(H,33,40)/t26-,27-/m0/s1. The molecule has 0 aliphatic carbocycles. The van der Waals surface area contributed by atoms with E-state index in [0.29, 0.717) is 25.9 Å². The predicted octanol–water partition coefficient (Wildman–Crippen LogP) is 2.75. The molecule has 11 heteroatoms. The van der Waals surface area contributed by atoms with Crippen LogP contribution in [0.25, 0.3) is 0 Å². The van der Waals surface area contributed by atoms with Crippen molar-refractivity contribution in [1.29, 1.82) is 0 Å². The smallest absolute Gasteiger partial charge is 0.407 e. The number of alkyl carbamates (subject to hydrolysis) is 1. The van der Waals surface area contributed by atoms with Crippen LogP contribution in [0.1, 0.15) is 30.4 Å². The maximum absolute atomic E-state index is 13.8. The molecule has 2 aromatic rings. The summed E-state index contributed by atoms with van der Waals surface area (Å²) in [5, 5.41) is 8.81. The number of likely N-dealkylation sites (N-methyl/N-ethyl adjacent to an activating group) is 1. The highest BCUT2D eigenvalue weighted by molar-refractivity contribution is 5.91. The summed E-state index contributed by atoms with van der Waals surface area (Å²) in [5.41, 5.74) is 2.14. The van der Waals surface area contributed by atoms with Gasteiger partial charge in [0.05, 0.1) is 13.1 Å². The highest BCUT2D eigenvalue weighted by Crippen LogP contribution is 2.28. The molecule has 2 aliphatic heterocycles. The molecular formula is C31H40N6O5. The van der Waals surface area contributed by atoms with E-state index < -0.39 is 18.3 Å². The molecule has 0 saturated carbocycles. The van der Waals surface area contributed by atoms with E-state index in [1.165, 1.54) is 11.6 Å². The van der Waals surface area contributed by atoms with Crippen molar-refractivity contribution < 1.29 is 23.9 Å². The lowest BCUT2D eigenvalue weighted by Crippen LogP contribution is -2.76. The van der Waals surface area contributed by atoms with Crippen LogP contribution >= 0.6 is 0 Å². The van der Waals surface area contributed by atoms with E-state index in [-0.39, 0.29) is 44.1 Å². The second kappa shape index (κ2) is 15.0. The molecule has 42 heavy (non-hydrogen) atoms. The van der Waals surface area contributed by atoms with Gasteiger partial charge in [-0.1, -0.05) is 73.3 Å². The Labute approximate surface area is 247 Å². The molecule has 2 N–H and O–H groups in total. The number of piperazine rings is 1. The minimum absolute atomic E-state index is 0.0286. The van der Waals surface area contributed by atoms with Crippen molar-refractivity contribution in [3.8, 4) is 0 Å². The first-order valence-corrected chi connectivity index (χ1v) is 14.4. The number of amides is 5. The van der Waals surface area contributed by atoms with E-state index >= 15 is 0 Å². The average molecular weight is 577 g/mol. The van der Waals surface area contributed by atoms with E-state index in [2.05, 4.69) is 29.3 Å². The highest BCUT2D eigenvalue weighted by atomic mass is 16.5. The zero-order valence-corrected chi connectivity index (χ0v) is 24.1. The maximum Gasteiger partial charge on any atom is 0.407 e. The summed E-state index contributed by atoms with van der Waals surface area (Å²) in [7, 11) is 1.71. The number of benzene rings is 2. The number of rotatable bonds is 12. The number of nitrogens with zero attached hydrogens (tertiary/aromatic N) is 4. The van der Waals surface area contributed by atoms with Gasteiger partial charge in [0, 0.05) is 26.7 Å². The van der Waals surface area contributed by atoms with Gasteiger partial charge < -0.3 is 25.2 Å². The van der Waals surface area contributed by atoms with Crippen LogP contribution in [0.4, 0.5) is 9.59 Å². The Morgan fingerprint density at radius 3 is 2.38 bits per heavy atom. The third-order valence-corrected chi connectivity index (χ3v) is 7.43. The van der Waals surface area contributed by atoms with Crippen LogP contribution < -0.4 is 10.6 Å². The fourth-order valence-electron chi connectivity index (χ4n) is 5.43. The predicted molar refractivity (Wildman–Crippen MR) is 158 cm³/mol. The summed E-state index contributed by atoms with van der Waals surface area (Å²) < 4.78 is 4.95. The first-order chi connectivity index (χ1) is 20.4. The average Bonchev–Trinajstić information content (AvgIpc) is 2.99. The molecule has 5 amide bonds. The van der Waals surface area contributed by atoms with Crippen LogP contribution in [0.15, 0.2) is 73.3 Å². The molecule has 2 fully saturated rings. The molecule has 0 radical (unpaired) electrons. The Balaban J connectivity index is 1.48. The van der Waals surface area contributed by atoms with Gasteiger partial charge in [-0.3, -0.25) is 9.59 Å². The molecule has 224 valence electrons.